The fraction of sp³-hybridized carbons (Fsp3) is 0.476. The largest absolute Gasteiger partial charge is 0.473 e. The topological polar surface area (TPSA) is 127 Å². The van der Waals surface area contributed by atoms with Gasteiger partial charge in [-0.25, -0.2) is 0 Å². The quantitative estimate of drug-likeness (QED) is 0.462. The fourth-order valence-electron chi connectivity index (χ4n) is 3.43. The molecule has 0 radical (unpaired) electrons. The van der Waals surface area contributed by atoms with Gasteiger partial charge in [-0.05, 0) is 26.0 Å². The number of ether oxygens (including phenoxy) is 4. The van der Waals surface area contributed by atoms with Crippen LogP contribution in [0.25, 0.3) is 11.3 Å². The van der Waals surface area contributed by atoms with E-state index in [9.17, 15) is 14.4 Å². The minimum Gasteiger partial charge on any atom is -0.473 e. The third kappa shape index (κ3) is 5.39. The third-order valence-electron chi connectivity index (χ3n) is 4.59. The van der Waals surface area contributed by atoms with E-state index < -0.39 is 41.7 Å². The van der Waals surface area contributed by atoms with Gasteiger partial charge in [0.2, 0.25) is 0 Å². The van der Waals surface area contributed by atoms with Crippen LogP contribution in [-0.2, 0) is 28.6 Å². The van der Waals surface area contributed by atoms with E-state index in [1.807, 2.05) is 0 Å². The number of aromatic nitrogens is 2. The summed E-state index contributed by atoms with van der Waals surface area (Å²) in [4.78, 5) is 39.6. The van der Waals surface area contributed by atoms with E-state index in [1.54, 1.807) is 32.2 Å². The molecule has 0 spiro atoms. The van der Waals surface area contributed by atoms with Gasteiger partial charge in [0.15, 0.2) is 23.7 Å². The Bertz CT molecular complexity index is 988. The number of hydrogen-bond donors (Lipinski definition) is 0. The first-order valence-corrected chi connectivity index (χ1v) is 10.9. The second-order valence-corrected chi connectivity index (χ2v) is 8.30. The lowest BCUT2D eigenvalue weighted by molar-refractivity contribution is -0.186. The van der Waals surface area contributed by atoms with Crippen molar-refractivity contribution in [2.45, 2.75) is 58.4 Å². The van der Waals surface area contributed by atoms with E-state index in [1.165, 1.54) is 32.5 Å². The SMILES string of the molecule is CC(=O)O[C@@H]1[C@@H](OC(C)=O)[C@@H](Oc2cccnc2-c2c(C)noc2C)SC[C@H]1OC(C)=O. The predicted molar refractivity (Wildman–Crippen MR) is 113 cm³/mol. The summed E-state index contributed by atoms with van der Waals surface area (Å²) >= 11 is 1.27. The zero-order valence-electron chi connectivity index (χ0n) is 18.3. The second-order valence-electron chi connectivity index (χ2n) is 7.16. The Morgan fingerprint density at radius 3 is 2.28 bits per heavy atom. The number of carbonyl (C=O) groups excluding carboxylic acids is 3. The minimum absolute atomic E-state index is 0.265. The smallest absolute Gasteiger partial charge is 0.303 e. The molecule has 0 aromatic carbocycles. The Morgan fingerprint density at radius 2 is 1.69 bits per heavy atom. The molecule has 0 aliphatic carbocycles. The molecule has 0 N–H and O–H groups in total. The van der Waals surface area contributed by atoms with E-state index in [-0.39, 0.29) is 5.75 Å². The van der Waals surface area contributed by atoms with E-state index in [0.29, 0.717) is 28.5 Å². The molecule has 0 unspecified atom stereocenters. The molecule has 10 nitrogen and oxygen atoms in total. The van der Waals surface area contributed by atoms with Crippen molar-refractivity contribution >= 4 is 29.7 Å². The van der Waals surface area contributed by atoms with Gasteiger partial charge >= 0.3 is 17.9 Å². The molecule has 32 heavy (non-hydrogen) atoms. The van der Waals surface area contributed by atoms with Gasteiger partial charge in [0.05, 0.1) is 11.3 Å². The number of aryl methyl sites for hydroxylation is 2. The van der Waals surface area contributed by atoms with Crippen LogP contribution in [-0.4, -0.2) is 57.5 Å². The number of carbonyl (C=O) groups is 3. The van der Waals surface area contributed by atoms with Crippen molar-refractivity contribution in [2.75, 3.05) is 5.75 Å². The fourth-order valence-corrected chi connectivity index (χ4v) is 4.64. The number of rotatable bonds is 6. The monoisotopic (exact) mass is 464 g/mol. The second kappa shape index (κ2) is 10.0. The van der Waals surface area contributed by atoms with Crippen molar-refractivity contribution in [1.82, 2.24) is 10.1 Å². The summed E-state index contributed by atoms with van der Waals surface area (Å²) in [5, 5.41) is 3.97. The van der Waals surface area contributed by atoms with Crippen molar-refractivity contribution in [3.63, 3.8) is 0 Å². The molecular formula is C21H24N2O8S. The molecular weight excluding hydrogens is 440 g/mol. The number of esters is 3. The van der Waals surface area contributed by atoms with Crippen LogP contribution >= 0.6 is 11.8 Å². The van der Waals surface area contributed by atoms with Crippen LogP contribution in [0, 0.1) is 13.8 Å². The van der Waals surface area contributed by atoms with Crippen LogP contribution in [0.3, 0.4) is 0 Å². The average Bonchev–Trinajstić information content (AvgIpc) is 3.04. The van der Waals surface area contributed by atoms with E-state index in [2.05, 4.69) is 10.1 Å². The highest BCUT2D eigenvalue weighted by Gasteiger charge is 2.48. The van der Waals surface area contributed by atoms with Crippen LogP contribution < -0.4 is 4.74 Å². The molecule has 2 aromatic rings. The third-order valence-corrected chi connectivity index (χ3v) is 5.80. The van der Waals surface area contributed by atoms with Crippen molar-refractivity contribution in [1.29, 1.82) is 0 Å². The van der Waals surface area contributed by atoms with Gasteiger partial charge in [0.1, 0.15) is 17.2 Å². The highest BCUT2D eigenvalue weighted by atomic mass is 32.2. The minimum atomic E-state index is -1.04. The molecule has 0 saturated carbocycles. The normalized spacial score (nSPS) is 22.7. The highest BCUT2D eigenvalue weighted by Crippen LogP contribution is 2.38. The van der Waals surface area contributed by atoms with E-state index >= 15 is 0 Å². The first-order chi connectivity index (χ1) is 15.2. The number of thioether (sulfide) groups is 1. The van der Waals surface area contributed by atoms with Gasteiger partial charge in [0, 0.05) is 32.7 Å². The van der Waals surface area contributed by atoms with Gasteiger partial charge in [-0.2, -0.15) is 0 Å². The maximum absolute atomic E-state index is 11.8. The summed E-state index contributed by atoms with van der Waals surface area (Å²) < 4.78 is 27.7. The lowest BCUT2D eigenvalue weighted by Crippen LogP contribution is -2.55. The first kappa shape index (κ1) is 23.6. The molecule has 1 aliphatic rings. The Hall–Kier alpha value is -3.08. The molecule has 1 aliphatic heterocycles. The molecule has 0 bridgehead atoms. The van der Waals surface area contributed by atoms with E-state index in [4.69, 9.17) is 23.5 Å². The highest BCUT2D eigenvalue weighted by molar-refractivity contribution is 7.99. The number of hydrogen-bond acceptors (Lipinski definition) is 11. The van der Waals surface area contributed by atoms with Crippen molar-refractivity contribution in [2.24, 2.45) is 0 Å². The Labute approximate surface area is 188 Å². The van der Waals surface area contributed by atoms with E-state index in [0.717, 1.165) is 0 Å². The molecule has 172 valence electrons. The summed E-state index contributed by atoms with van der Waals surface area (Å²) in [5.74, 6) is -0.493. The standard InChI is InChI=1S/C21H24N2O8S/c1-10-17(11(2)31-23-10)18-15(7-6-8-22-18)30-21-20(29-14(5)26)19(28-13(4)25)16(9-32-21)27-12(3)24/h6-8,16,19-21H,9H2,1-5H3/t16-,19+,20-,21+/m1/s1. The Morgan fingerprint density at radius 1 is 1.03 bits per heavy atom. The maximum atomic E-state index is 11.8. The molecule has 1 saturated heterocycles. The summed E-state index contributed by atoms with van der Waals surface area (Å²) in [6, 6.07) is 3.43. The summed E-state index contributed by atoms with van der Waals surface area (Å²) in [6.45, 7) is 7.28. The van der Waals surface area contributed by atoms with Crippen molar-refractivity contribution in [3.05, 3.63) is 29.8 Å². The Balaban J connectivity index is 1.96. The van der Waals surface area contributed by atoms with Crippen LogP contribution in [0.1, 0.15) is 32.2 Å². The molecule has 2 aromatic heterocycles. The van der Waals surface area contributed by atoms with Gasteiger partial charge in [-0.1, -0.05) is 5.16 Å². The number of nitrogens with zero attached hydrogens (tertiary/aromatic N) is 2. The van der Waals surface area contributed by atoms with Crippen LogP contribution in [0.5, 0.6) is 5.75 Å². The molecule has 11 heteroatoms. The van der Waals surface area contributed by atoms with Crippen molar-refractivity contribution in [3.8, 4) is 17.0 Å². The van der Waals surface area contributed by atoms with Crippen LogP contribution in [0.4, 0.5) is 0 Å². The summed E-state index contributed by atoms with van der Waals surface area (Å²) in [6.07, 6.45) is -1.26. The molecule has 0 amide bonds. The lowest BCUT2D eigenvalue weighted by atomic mass is 10.1. The van der Waals surface area contributed by atoms with Gasteiger partial charge in [-0.3, -0.25) is 19.4 Å². The zero-order chi connectivity index (χ0) is 23.4. The lowest BCUT2D eigenvalue weighted by Gasteiger charge is -2.40. The van der Waals surface area contributed by atoms with Gasteiger partial charge in [-0.15, -0.1) is 11.8 Å². The van der Waals surface area contributed by atoms with Gasteiger partial charge in [0.25, 0.3) is 0 Å². The van der Waals surface area contributed by atoms with Crippen molar-refractivity contribution < 1.29 is 37.9 Å². The zero-order valence-corrected chi connectivity index (χ0v) is 19.1. The molecule has 4 atom stereocenters. The maximum Gasteiger partial charge on any atom is 0.303 e. The predicted octanol–water partition coefficient (Wildman–Crippen LogP) is 2.60. The summed E-state index contributed by atoms with van der Waals surface area (Å²) in [7, 11) is 0. The molecule has 3 heterocycles. The van der Waals surface area contributed by atoms with Gasteiger partial charge < -0.3 is 23.5 Å². The first-order valence-electron chi connectivity index (χ1n) is 9.85. The molecule has 3 rings (SSSR count). The number of pyridine rings is 1. The Kier molecular flexibility index (Phi) is 7.39. The average molecular weight is 464 g/mol. The van der Waals surface area contributed by atoms with Crippen LogP contribution in [0.2, 0.25) is 0 Å². The summed E-state index contributed by atoms with van der Waals surface area (Å²) in [5.41, 5.74) is 1.09. The van der Waals surface area contributed by atoms with Crippen LogP contribution in [0.15, 0.2) is 22.9 Å². The molecule has 1 fully saturated rings.